The van der Waals surface area contributed by atoms with Gasteiger partial charge in [-0.3, -0.25) is 0 Å². The maximum atomic E-state index is 2.52. The second-order valence-electron chi connectivity index (χ2n) is 11.4. The number of hydrogen-bond acceptors (Lipinski definition) is 0. The molecule has 0 heterocycles. The van der Waals surface area contributed by atoms with Crippen LogP contribution in [-0.2, 0) is 21.7 Å². The van der Waals surface area contributed by atoms with E-state index in [4.69, 9.17) is 0 Å². The smallest absolute Gasteiger partial charge is 0.134 e. The summed E-state index contributed by atoms with van der Waals surface area (Å²) in [6, 6.07) is 42.2. The van der Waals surface area contributed by atoms with Gasteiger partial charge in [-0.2, -0.15) is 12.1 Å². The molecule has 0 nitrogen and oxygen atoms in total. The molecule has 0 spiro atoms. The first kappa shape index (κ1) is 37.3. The van der Waals surface area contributed by atoms with Gasteiger partial charge in [0.15, 0.2) is 0 Å². The minimum atomic E-state index is -2.64. The van der Waals surface area contributed by atoms with Crippen molar-refractivity contribution >= 4 is 76.8 Å². The summed E-state index contributed by atoms with van der Waals surface area (Å²) >= 11 is 0. The van der Waals surface area contributed by atoms with Crippen LogP contribution in [0.5, 0.6) is 0 Å². The fraction of sp³-hybridized carbons (Fsp3) is 0.250. The fourth-order valence-corrected chi connectivity index (χ4v) is 10.9. The van der Waals surface area contributed by atoms with Crippen LogP contribution in [0.3, 0.4) is 0 Å². The Bertz CT molecular complexity index is 1410. The molecule has 41 heavy (non-hydrogen) atoms. The van der Waals surface area contributed by atoms with Crippen LogP contribution >= 0.6 is 37.2 Å². The van der Waals surface area contributed by atoms with Crippen molar-refractivity contribution in [2.75, 3.05) is 0 Å². The van der Waals surface area contributed by atoms with Crippen molar-refractivity contribution < 1.29 is 21.7 Å². The van der Waals surface area contributed by atoms with E-state index >= 15 is 0 Å². The molecule has 0 aliphatic carbocycles. The van der Waals surface area contributed by atoms with Gasteiger partial charge in [0.1, 0.15) is 8.07 Å². The molecule has 0 amide bonds. The van der Waals surface area contributed by atoms with E-state index in [1.54, 1.807) is 0 Å². The van der Waals surface area contributed by atoms with Crippen LogP contribution in [0.1, 0.15) is 76.0 Å². The molecule has 216 valence electrons. The maximum Gasteiger partial charge on any atom is 0.134 e. The van der Waals surface area contributed by atoms with E-state index in [-0.39, 0.29) is 58.9 Å². The number of halogens is 3. The van der Waals surface area contributed by atoms with Gasteiger partial charge in [-0.1, -0.05) is 136 Å². The van der Waals surface area contributed by atoms with Gasteiger partial charge in [0.05, 0.1) is 0 Å². The van der Waals surface area contributed by atoms with Crippen LogP contribution in [0.25, 0.3) is 10.8 Å². The van der Waals surface area contributed by atoms with Gasteiger partial charge < -0.3 is 0 Å². The Kier molecular flexibility index (Phi) is 14.3. The molecule has 5 aromatic rings. The Hall–Kier alpha value is -1.71. The van der Waals surface area contributed by atoms with Crippen molar-refractivity contribution in [3.8, 4) is 0 Å². The van der Waals surface area contributed by atoms with Crippen molar-refractivity contribution in [2.24, 2.45) is 0 Å². The molecule has 0 aliphatic heterocycles. The monoisotopic (exact) mass is 655 g/mol. The van der Waals surface area contributed by atoms with Crippen molar-refractivity contribution in [3.05, 3.63) is 126 Å². The third kappa shape index (κ3) is 7.10. The molecular formula is C36H42Cl3SiTi-. The molecule has 5 rings (SSSR count). The summed E-state index contributed by atoms with van der Waals surface area (Å²) in [6.45, 7) is 13.8. The van der Waals surface area contributed by atoms with Gasteiger partial charge in [0, 0.05) is 21.7 Å². The molecule has 0 N–H and O–H groups in total. The summed E-state index contributed by atoms with van der Waals surface area (Å²) in [6.07, 6.45) is 0. The standard InChI is InChI=1S/C36H39Si.3ClH.Ti/c1-25(2)29-13-9-16-32(22-29)37(33-17-10-14-30(23-33)26(3)4,34-18-11-15-31(24-34)27(5)6)36-21-20-28-12-7-8-19-35(28)36;;;;/h7-27H,1-6H3;3*1H;/q-1;;;;. The van der Waals surface area contributed by atoms with Gasteiger partial charge in [-0.25, -0.2) is 0 Å². The normalized spacial score (nSPS) is 11.0. The van der Waals surface area contributed by atoms with Crippen LogP contribution in [0.15, 0.2) is 109 Å². The average Bonchev–Trinajstić information content (AvgIpc) is 3.34. The minimum Gasteiger partial charge on any atom is -0.168 e. The first-order chi connectivity index (χ1) is 17.8. The second-order valence-corrected chi connectivity index (χ2v) is 15.2. The van der Waals surface area contributed by atoms with E-state index in [0.29, 0.717) is 17.8 Å². The zero-order valence-electron chi connectivity index (χ0n) is 24.8. The molecule has 0 saturated carbocycles. The van der Waals surface area contributed by atoms with E-state index in [9.17, 15) is 0 Å². The maximum absolute atomic E-state index is 2.64. The van der Waals surface area contributed by atoms with Gasteiger partial charge >= 0.3 is 0 Å². The summed E-state index contributed by atoms with van der Waals surface area (Å²) in [4.78, 5) is 0. The largest absolute Gasteiger partial charge is 0.168 e. The predicted octanol–water partition coefficient (Wildman–Crippen LogP) is 8.57. The zero-order valence-corrected chi connectivity index (χ0v) is 29.9. The van der Waals surface area contributed by atoms with E-state index in [2.05, 4.69) is 151 Å². The van der Waals surface area contributed by atoms with Crippen molar-refractivity contribution in [3.63, 3.8) is 0 Å². The Morgan fingerprint density at radius 2 is 0.878 bits per heavy atom. The number of rotatable bonds is 7. The van der Waals surface area contributed by atoms with E-state index in [1.807, 2.05) is 0 Å². The number of hydrogen-bond donors (Lipinski definition) is 0. The first-order valence-corrected chi connectivity index (χ1v) is 15.8. The Balaban J connectivity index is 0.00000210. The SMILES string of the molecule is CC(C)c1cccc([Si](c2cccc(C(C)C)c2)(c2cccc(C(C)C)c2)[c-]2ccc3ccccc32)c1.Cl.Cl.Cl.[Ti]. The van der Waals surface area contributed by atoms with Crippen molar-refractivity contribution in [1.29, 1.82) is 0 Å². The minimum absolute atomic E-state index is 0. The van der Waals surface area contributed by atoms with Crippen molar-refractivity contribution in [1.82, 2.24) is 0 Å². The Morgan fingerprint density at radius 3 is 1.27 bits per heavy atom. The van der Waals surface area contributed by atoms with Gasteiger partial charge in [-0.05, 0) is 34.4 Å². The van der Waals surface area contributed by atoms with E-state index < -0.39 is 8.07 Å². The molecule has 0 aromatic heterocycles. The summed E-state index contributed by atoms with van der Waals surface area (Å²) in [5, 5.41) is 8.61. The summed E-state index contributed by atoms with van der Waals surface area (Å²) in [5.41, 5.74) is 4.22. The summed E-state index contributed by atoms with van der Waals surface area (Å²) in [7, 11) is -2.64. The molecule has 0 bridgehead atoms. The third-order valence-electron chi connectivity index (χ3n) is 8.04. The Labute approximate surface area is 281 Å². The molecule has 0 unspecified atom stereocenters. The van der Waals surface area contributed by atoms with Crippen LogP contribution in [0.2, 0.25) is 0 Å². The topological polar surface area (TPSA) is 0 Å². The first-order valence-electron chi connectivity index (χ1n) is 13.8. The molecule has 0 radical (unpaired) electrons. The molecule has 5 heteroatoms. The van der Waals surface area contributed by atoms with E-state index in [0.717, 1.165) is 0 Å². The predicted molar refractivity (Wildman–Crippen MR) is 187 cm³/mol. The second kappa shape index (κ2) is 15.7. The van der Waals surface area contributed by atoms with Crippen LogP contribution in [-0.4, -0.2) is 8.07 Å². The van der Waals surface area contributed by atoms with Gasteiger partial charge in [-0.15, -0.1) is 71.4 Å². The molecule has 5 aromatic carbocycles. The number of benzene rings is 4. The molecular weight excluding hydrogens is 615 g/mol. The van der Waals surface area contributed by atoms with Crippen LogP contribution in [0.4, 0.5) is 0 Å². The Morgan fingerprint density at radius 1 is 0.488 bits per heavy atom. The summed E-state index contributed by atoms with van der Waals surface area (Å²) < 4.78 is 0. The quantitative estimate of drug-likeness (QED) is 0.0936. The molecule has 0 aliphatic rings. The van der Waals surface area contributed by atoms with Gasteiger partial charge in [0.25, 0.3) is 0 Å². The van der Waals surface area contributed by atoms with Crippen molar-refractivity contribution in [2.45, 2.75) is 59.3 Å². The zero-order chi connectivity index (χ0) is 26.2. The van der Waals surface area contributed by atoms with Crippen LogP contribution < -0.4 is 20.7 Å². The molecule has 0 atom stereocenters. The molecule has 0 fully saturated rings. The third-order valence-corrected chi connectivity index (χ3v) is 12.8. The summed E-state index contributed by atoms with van der Waals surface area (Å²) in [5.74, 6) is 1.44. The number of fused-ring (bicyclic) bond motifs is 1. The fourth-order valence-electron chi connectivity index (χ4n) is 5.84. The van der Waals surface area contributed by atoms with Gasteiger partial charge in [0.2, 0.25) is 0 Å². The molecule has 0 saturated heterocycles. The van der Waals surface area contributed by atoms with E-state index in [1.165, 1.54) is 48.2 Å². The van der Waals surface area contributed by atoms with Crippen LogP contribution in [0, 0.1) is 0 Å². The average molecular weight is 657 g/mol.